The normalized spacial score (nSPS) is 26.6. The Morgan fingerprint density at radius 1 is 1.03 bits per heavy atom. The Bertz CT molecular complexity index is 1010. The maximum absolute atomic E-state index is 6.75. The van der Waals surface area contributed by atoms with Gasteiger partial charge in [0.25, 0.3) is 0 Å². The van der Waals surface area contributed by atoms with E-state index >= 15 is 0 Å². The SMILES string of the molecule is COc1ccc(C2=NN3[C@@H](C2)c2cccc(OC)c2OC32CC[NH+](C)CC2)c(OC)c1. The maximum Gasteiger partial charge on any atom is 0.209 e. The lowest BCUT2D eigenvalue weighted by atomic mass is 9.90. The summed E-state index contributed by atoms with van der Waals surface area (Å²) in [5.74, 6) is 3.19. The molecule has 2 aromatic rings. The van der Waals surface area contributed by atoms with Crippen molar-refractivity contribution >= 4 is 5.71 Å². The first kappa shape index (κ1) is 20.0. The van der Waals surface area contributed by atoms with Crippen molar-refractivity contribution in [2.45, 2.75) is 31.0 Å². The average Bonchev–Trinajstić information content (AvgIpc) is 3.27. The Morgan fingerprint density at radius 2 is 1.81 bits per heavy atom. The summed E-state index contributed by atoms with van der Waals surface area (Å²) in [6.45, 7) is 2.09. The molecule has 0 aromatic heterocycles. The number of hydrazone groups is 1. The zero-order valence-corrected chi connectivity index (χ0v) is 18.6. The lowest BCUT2D eigenvalue weighted by molar-refractivity contribution is -0.888. The van der Waals surface area contributed by atoms with E-state index in [9.17, 15) is 0 Å². The van der Waals surface area contributed by atoms with Gasteiger partial charge in [0, 0.05) is 23.6 Å². The van der Waals surface area contributed by atoms with Crippen molar-refractivity contribution in [2.75, 3.05) is 41.5 Å². The number of benzene rings is 2. The number of para-hydroxylation sites is 1. The van der Waals surface area contributed by atoms with E-state index in [-0.39, 0.29) is 6.04 Å². The second kappa shape index (κ2) is 7.64. The van der Waals surface area contributed by atoms with E-state index in [1.807, 2.05) is 30.3 Å². The van der Waals surface area contributed by atoms with Crippen LogP contribution in [0.25, 0.3) is 0 Å². The summed E-state index contributed by atoms with van der Waals surface area (Å²) >= 11 is 0. The molecule has 7 nitrogen and oxygen atoms in total. The molecule has 0 saturated carbocycles. The zero-order chi connectivity index (χ0) is 21.6. The highest BCUT2D eigenvalue weighted by Gasteiger charge is 2.53. The number of hydrogen-bond acceptors (Lipinski definition) is 6. The molecule has 3 aliphatic heterocycles. The molecule has 1 atom stereocenters. The molecule has 31 heavy (non-hydrogen) atoms. The third-order valence-electron chi connectivity index (χ3n) is 6.81. The van der Waals surface area contributed by atoms with Gasteiger partial charge in [-0.25, -0.2) is 5.01 Å². The van der Waals surface area contributed by atoms with Crippen LogP contribution in [0, 0.1) is 0 Å². The fourth-order valence-electron chi connectivity index (χ4n) is 5.03. The molecule has 0 aliphatic carbocycles. The van der Waals surface area contributed by atoms with Crippen molar-refractivity contribution in [3.63, 3.8) is 0 Å². The van der Waals surface area contributed by atoms with Crippen LogP contribution in [0.5, 0.6) is 23.0 Å². The van der Waals surface area contributed by atoms with E-state index in [4.69, 9.17) is 24.0 Å². The van der Waals surface area contributed by atoms with Gasteiger partial charge >= 0.3 is 0 Å². The van der Waals surface area contributed by atoms with Gasteiger partial charge < -0.3 is 23.8 Å². The third kappa shape index (κ3) is 3.19. The predicted octanol–water partition coefficient (Wildman–Crippen LogP) is 2.26. The third-order valence-corrected chi connectivity index (χ3v) is 6.81. The Morgan fingerprint density at radius 3 is 2.52 bits per heavy atom. The van der Waals surface area contributed by atoms with Gasteiger partial charge in [-0.3, -0.25) is 0 Å². The fourth-order valence-corrected chi connectivity index (χ4v) is 5.03. The number of nitrogens with zero attached hydrogens (tertiary/aromatic N) is 2. The van der Waals surface area contributed by atoms with E-state index in [1.54, 1.807) is 21.3 Å². The highest BCUT2D eigenvalue weighted by atomic mass is 16.5. The van der Waals surface area contributed by atoms with Crippen LogP contribution < -0.4 is 23.8 Å². The Hall–Kier alpha value is -2.93. The van der Waals surface area contributed by atoms with E-state index in [0.717, 1.165) is 72.2 Å². The molecule has 0 amide bonds. The minimum Gasteiger partial charge on any atom is -0.497 e. The Kier molecular flexibility index (Phi) is 4.93. The highest BCUT2D eigenvalue weighted by Crippen LogP contribution is 2.52. The summed E-state index contributed by atoms with van der Waals surface area (Å²) in [5.41, 5.74) is 2.68. The molecular weight excluding hydrogens is 394 g/mol. The first-order valence-electron chi connectivity index (χ1n) is 10.8. The molecular formula is C24H30N3O4+. The van der Waals surface area contributed by atoms with Gasteiger partial charge in [-0.2, -0.15) is 5.10 Å². The first-order chi connectivity index (χ1) is 15.1. The second-order valence-corrected chi connectivity index (χ2v) is 8.56. The predicted molar refractivity (Wildman–Crippen MR) is 117 cm³/mol. The summed E-state index contributed by atoms with van der Waals surface area (Å²) in [4.78, 5) is 1.52. The summed E-state index contributed by atoms with van der Waals surface area (Å²) in [6.07, 6.45) is 2.63. The lowest BCUT2D eigenvalue weighted by Crippen LogP contribution is -3.11. The van der Waals surface area contributed by atoms with Gasteiger partial charge in [0.1, 0.15) is 11.5 Å². The zero-order valence-electron chi connectivity index (χ0n) is 18.6. The largest absolute Gasteiger partial charge is 0.497 e. The quantitative estimate of drug-likeness (QED) is 0.816. The van der Waals surface area contributed by atoms with Gasteiger partial charge in [0.2, 0.25) is 5.72 Å². The summed E-state index contributed by atoms with van der Waals surface area (Å²) in [5, 5.41) is 7.38. The van der Waals surface area contributed by atoms with E-state index in [2.05, 4.69) is 18.1 Å². The van der Waals surface area contributed by atoms with Crippen molar-refractivity contribution in [1.82, 2.24) is 5.01 Å². The number of quaternary nitrogens is 1. The lowest BCUT2D eigenvalue weighted by Gasteiger charge is -2.49. The van der Waals surface area contributed by atoms with Crippen molar-refractivity contribution < 1.29 is 23.8 Å². The average molecular weight is 425 g/mol. The number of nitrogens with one attached hydrogen (secondary N) is 1. The summed E-state index contributed by atoms with van der Waals surface area (Å²) < 4.78 is 23.5. The van der Waals surface area contributed by atoms with Crippen LogP contribution in [0.4, 0.5) is 0 Å². The minimum atomic E-state index is -0.451. The van der Waals surface area contributed by atoms with Crippen LogP contribution in [0.15, 0.2) is 41.5 Å². The summed E-state index contributed by atoms with van der Waals surface area (Å²) in [6, 6.07) is 12.2. The number of methoxy groups -OCH3 is 3. The van der Waals surface area contributed by atoms with Crippen LogP contribution in [0.1, 0.15) is 36.4 Å². The fraction of sp³-hybridized carbons (Fsp3) is 0.458. The molecule has 1 saturated heterocycles. The van der Waals surface area contributed by atoms with Crippen molar-refractivity contribution in [3.8, 4) is 23.0 Å². The highest BCUT2D eigenvalue weighted by molar-refractivity contribution is 6.04. The molecule has 2 aromatic carbocycles. The van der Waals surface area contributed by atoms with Gasteiger partial charge in [-0.15, -0.1) is 0 Å². The molecule has 0 radical (unpaired) electrons. The molecule has 7 heteroatoms. The number of rotatable bonds is 4. The Labute approximate surface area is 183 Å². The maximum atomic E-state index is 6.75. The molecule has 3 aliphatic rings. The van der Waals surface area contributed by atoms with Crippen LogP contribution in [0.3, 0.4) is 0 Å². The van der Waals surface area contributed by atoms with Gasteiger partial charge in [-0.1, -0.05) is 12.1 Å². The van der Waals surface area contributed by atoms with Crippen LogP contribution in [-0.2, 0) is 0 Å². The van der Waals surface area contributed by atoms with Crippen molar-refractivity contribution in [2.24, 2.45) is 5.10 Å². The molecule has 164 valence electrons. The van der Waals surface area contributed by atoms with Gasteiger partial charge in [0.15, 0.2) is 11.5 Å². The number of likely N-dealkylation sites (tertiary alicyclic amines) is 1. The molecule has 0 unspecified atom stereocenters. The molecule has 5 rings (SSSR count). The topological polar surface area (TPSA) is 57.0 Å². The second-order valence-electron chi connectivity index (χ2n) is 8.56. The van der Waals surface area contributed by atoms with Crippen LogP contribution >= 0.6 is 0 Å². The Balaban J connectivity index is 1.60. The van der Waals surface area contributed by atoms with E-state index in [0.29, 0.717) is 0 Å². The van der Waals surface area contributed by atoms with Crippen LogP contribution in [-0.4, -0.2) is 57.9 Å². The summed E-state index contributed by atoms with van der Waals surface area (Å²) in [7, 11) is 7.29. The van der Waals surface area contributed by atoms with E-state index in [1.165, 1.54) is 4.90 Å². The van der Waals surface area contributed by atoms with Crippen LogP contribution in [0.2, 0.25) is 0 Å². The molecule has 1 N–H and O–H groups in total. The first-order valence-corrected chi connectivity index (χ1v) is 10.8. The number of ether oxygens (including phenoxy) is 4. The smallest absolute Gasteiger partial charge is 0.209 e. The molecule has 3 heterocycles. The van der Waals surface area contributed by atoms with Crippen molar-refractivity contribution in [3.05, 3.63) is 47.5 Å². The van der Waals surface area contributed by atoms with Gasteiger partial charge in [-0.05, 0) is 18.2 Å². The number of hydrogen-bond donors (Lipinski definition) is 1. The number of fused-ring (bicyclic) bond motifs is 4. The standard InChI is InChI=1S/C24H29N3O4/c1-26-12-10-24(11-13-26)27-20(18-6-5-7-21(29-3)23(18)31-24)15-19(25-27)17-9-8-16(28-2)14-22(17)30-4/h5-9,14,20H,10-13,15H2,1-4H3/p+1/t20-/m0/s1. The van der Waals surface area contributed by atoms with Crippen molar-refractivity contribution in [1.29, 1.82) is 0 Å². The monoisotopic (exact) mass is 424 g/mol. The van der Waals surface area contributed by atoms with Gasteiger partial charge in [0.05, 0.1) is 66.1 Å². The minimum absolute atomic E-state index is 0.110. The molecule has 0 bridgehead atoms. The molecule has 1 fully saturated rings. The molecule has 1 spiro atoms. The van der Waals surface area contributed by atoms with E-state index < -0.39 is 5.72 Å². The number of piperidine rings is 1.